The molecule has 4 aromatic rings. The van der Waals surface area contributed by atoms with E-state index < -0.39 is 6.04 Å². The third kappa shape index (κ3) is 2.89. The summed E-state index contributed by atoms with van der Waals surface area (Å²) in [5.41, 5.74) is 2.46. The zero-order chi connectivity index (χ0) is 25.5. The highest BCUT2D eigenvalue weighted by molar-refractivity contribution is 5.94. The van der Waals surface area contributed by atoms with E-state index in [0.717, 1.165) is 5.69 Å². The third-order valence-corrected chi connectivity index (χ3v) is 7.29. The fraction of sp³-hybridized carbons (Fsp3) is 0.346. The number of hydrogen-bond acceptors (Lipinski definition) is 6. The van der Waals surface area contributed by atoms with Gasteiger partial charge in [0, 0.05) is 30.6 Å². The van der Waals surface area contributed by atoms with Crippen LogP contribution in [0.15, 0.2) is 41.3 Å². The minimum atomic E-state index is -0.424. The van der Waals surface area contributed by atoms with Gasteiger partial charge in [0.25, 0.3) is 5.91 Å². The van der Waals surface area contributed by atoms with Crippen LogP contribution in [0.25, 0.3) is 16.6 Å². The number of imidazole rings is 1. The van der Waals surface area contributed by atoms with Crippen molar-refractivity contribution < 1.29 is 9.90 Å². The molecule has 5 heterocycles. The van der Waals surface area contributed by atoms with E-state index in [0.29, 0.717) is 46.5 Å². The minimum absolute atomic E-state index is 0.174. The van der Waals surface area contributed by atoms with E-state index in [9.17, 15) is 20.0 Å². The van der Waals surface area contributed by atoms with Crippen LogP contribution < -0.4 is 5.69 Å². The highest BCUT2D eigenvalue weighted by Crippen LogP contribution is 2.49. The summed E-state index contributed by atoms with van der Waals surface area (Å²) in [5.74, 6) is -0.368. The van der Waals surface area contributed by atoms with Gasteiger partial charge in [-0.2, -0.15) is 10.4 Å². The Morgan fingerprint density at radius 3 is 2.72 bits per heavy atom. The second-order valence-corrected chi connectivity index (χ2v) is 10.5. The van der Waals surface area contributed by atoms with Gasteiger partial charge in [0.1, 0.15) is 17.5 Å². The predicted molar refractivity (Wildman–Crippen MR) is 131 cm³/mol. The molecule has 0 spiro atoms. The van der Waals surface area contributed by atoms with Crippen molar-refractivity contribution in [3.63, 3.8) is 0 Å². The van der Waals surface area contributed by atoms with Crippen molar-refractivity contribution in [2.24, 2.45) is 7.05 Å². The molecule has 1 aromatic carbocycles. The summed E-state index contributed by atoms with van der Waals surface area (Å²) < 4.78 is 4.46. The van der Waals surface area contributed by atoms with E-state index in [1.54, 1.807) is 51.7 Å². The molecule has 0 radical (unpaired) electrons. The summed E-state index contributed by atoms with van der Waals surface area (Å²) in [4.78, 5) is 33.2. The lowest BCUT2D eigenvalue weighted by atomic mass is 9.92. The van der Waals surface area contributed by atoms with Crippen molar-refractivity contribution in [2.75, 3.05) is 6.54 Å². The molecule has 2 atom stereocenters. The predicted octanol–water partition coefficient (Wildman–Crippen LogP) is 2.94. The van der Waals surface area contributed by atoms with Gasteiger partial charge in [-0.25, -0.2) is 9.36 Å². The molecule has 1 N–H and O–H groups in total. The number of fused-ring (bicyclic) bond motifs is 6. The van der Waals surface area contributed by atoms with E-state index in [1.807, 2.05) is 26.8 Å². The Kier molecular flexibility index (Phi) is 4.48. The van der Waals surface area contributed by atoms with E-state index in [1.165, 1.54) is 4.57 Å². The average molecular weight is 484 g/mol. The normalized spacial score (nSPS) is 18.6. The molecule has 2 unspecified atom stereocenters. The lowest BCUT2D eigenvalue weighted by Crippen LogP contribution is -2.38. The van der Waals surface area contributed by atoms with Crippen molar-refractivity contribution in [3.05, 3.63) is 69.7 Å². The first-order chi connectivity index (χ1) is 17.1. The van der Waals surface area contributed by atoms with Crippen LogP contribution in [0.4, 0.5) is 0 Å². The Labute approximate surface area is 206 Å². The van der Waals surface area contributed by atoms with Gasteiger partial charge in [0.2, 0.25) is 5.88 Å². The molecule has 10 nitrogen and oxygen atoms in total. The van der Waals surface area contributed by atoms with Gasteiger partial charge < -0.3 is 10.0 Å². The van der Waals surface area contributed by atoms with Gasteiger partial charge in [-0.1, -0.05) is 20.8 Å². The molecule has 1 fully saturated rings. The standard InChI is InChI=1S/C26H25N7O3/c1-26(2,3)20-11-19(30(4)29-20)23(34)31-13-15-10-18(31)22-24(35)33(25(36)32(15)22)17-8-7-14(12-27)21-16(17)6-5-9-28-21/h5-9,11,15,18,35H,10,13H2,1-4H3. The molecule has 182 valence electrons. The van der Waals surface area contributed by atoms with Crippen LogP contribution >= 0.6 is 0 Å². The molecule has 6 rings (SSSR count). The first-order valence-electron chi connectivity index (χ1n) is 11.8. The smallest absolute Gasteiger partial charge is 0.336 e. The lowest BCUT2D eigenvalue weighted by molar-refractivity contribution is 0.0700. The van der Waals surface area contributed by atoms with Crippen molar-refractivity contribution in [1.82, 2.24) is 28.8 Å². The molecule has 10 heteroatoms. The fourth-order valence-corrected chi connectivity index (χ4v) is 5.51. The Hall–Kier alpha value is -4.39. The van der Waals surface area contributed by atoms with Gasteiger partial charge >= 0.3 is 5.69 Å². The monoisotopic (exact) mass is 483 g/mol. The van der Waals surface area contributed by atoms with Gasteiger partial charge in [0.05, 0.1) is 34.5 Å². The number of hydrogen-bond donors (Lipinski definition) is 1. The number of pyridine rings is 1. The molecule has 1 amide bonds. The molecule has 0 aliphatic carbocycles. The first kappa shape index (κ1) is 22.1. The zero-order valence-corrected chi connectivity index (χ0v) is 20.4. The Morgan fingerprint density at radius 2 is 2.03 bits per heavy atom. The van der Waals surface area contributed by atoms with Gasteiger partial charge in [-0.3, -0.25) is 19.0 Å². The van der Waals surface area contributed by atoms with E-state index in [2.05, 4.69) is 16.2 Å². The van der Waals surface area contributed by atoms with Crippen molar-refractivity contribution in [1.29, 1.82) is 5.26 Å². The number of nitriles is 1. The first-order valence-corrected chi connectivity index (χ1v) is 11.8. The van der Waals surface area contributed by atoms with Crippen molar-refractivity contribution >= 4 is 16.8 Å². The minimum Gasteiger partial charge on any atom is -0.493 e. The second-order valence-electron chi connectivity index (χ2n) is 10.5. The third-order valence-electron chi connectivity index (χ3n) is 7.29. The zero-order valence-electron chi connectivity index (χ0n) is 20.4. The number of nitrogens with zero attached hydrogens (tertiary/aromatic N) is 7. The maximum atomic E-state index is 13.6. The number of amides is 1. The molecular formula is C26H25N7O3. The number of rotatable bonds is 2. The molecule has 2 aliphatic rings. The van der Waals surface area contributed by atoms with Crippen LogP contribution in [-0.2, 0) is 12.5 Å². The van der Waals surface area contributed by atoms with E-state index in [4.69, 9.17) is 0 Å². The summed E-state index contributed by atoms with van der Waals surface area (Å²) in [6, 6.07) is 10.0. The molecule has 2 bridgehead atoms. The summed E-state index contributed by atoms with van der Waals surface area (Å²) >= 11 is 0. The Balaban J connectivity index is 1.44. The van der Waals surface area contributed by atoms with Crippen LogP contribution in [0.2, 0.25) is 0 Å². The molecule has 2 aliphatic heterocycles. The van der Waals surface area contributed by atoms with Gasteiger partial charge in [-0.15, -0.1) is 0 Å². The second kappa shape index (κ2) is 7.31. The van der Waals surface area contributed by atoms with Crippen LogP contribution in [0.5, 0.6) is 5.88 Å². The molecule has 3 aromatic heterocycles. The number of aromatic nitrogens is 5. The number of likely N-dealkylation sites (tertiary alicyclic amines) is 1. The van der Waals surface area contributed by atoms with Crippen LogP contribution in [-0.4, -0.2) is 46.4 Å². The number of aryl methyl sites for hydroxylation is 1. The quantitative estimate of drug-likeness (QED) is 0.468. The number of benzene rings is 1. The molecule has 0 saturated carbocycles. The van der Waals surface area contributed by atoms with Crippen molar-refractivity contribution in [3.8, 4) is 17.6 Å². The molecule has 36 heavy (non-hydrogen) atoms. The highest BCUT2D eigenvalue weighted by atomic mass is 16.3. The van der Waals surface area contributed by atoms with Crippen LogP contribution in [0.3, 0.4) is 0 Å². The largest absolute Gasteiger partial charge is 0.493 e. The topological polar surface area (TPSA) is 122 Å². The van der Waals surface area contributed by atoms with E-state index in [-0.39, 0.29) is 28.9 Å². The maximum absolute atomic E-state index is 13.6. The Morgan fingerprint density at radius 1 is 1.25 bits per heavy atom. The summed E-state index contributed by atoms with van der Waals surface area (Å²) in [6.45, 7) is 6.52. The summed E-state index contributed by atoms with van der Waals surface area (Å²) in [5, 5.41) is 25.9. The number of carbonyl (C=O) groups excluding carboxylic acids is 1. The van der Waals surface area contributed by atoms with Gasteiger partial charge in [0.15, 0.2) is 0 Å². The maximum Gasteiger partial charge on any atom is 0.336 e. The fourth-order valence-electron chi connectivity index (χ4n) is 5.51. The molecular weight excluding hydrogens is 458 g/mol. The lowest BCUT2D eigenvalue weighted by Gasteiger charge is -2.27. The Bertz CT molecular complexity index is 1680. The van der Waals surface area contributed by atoms with Crippen molar-refractivity contribution in [2.45, 2.75) is 44.7 Å². The number of carbonyl (C=O) groups is 1. The summed E-state index contributed by atoms with van der Waals surface area (Å²) in [6.07, 6.45) is 2.16. The van der Waals surface area contributed by atoms with E-state index >= 15 is 0 Å². The van der Waals surface area contributed by atoms with Crippen LogP contribution in [0.1, 0.15) is 66.7 Å². The van der Waals surface area contributed by atoms with Gasteiger partial charge in [-0.05, 0) is 36.8 Å². The summed E-state index contributed by atoms with van der Waals surface area (Å²) in [7, 11) is 1.75. The SMILES string of the molecule is Cn1nc(C(C)(C)C)cc1C(=O)N1CC2CC1c1c(O)n(-c3ccc(C#N)c4ncccc34)c(=O)n12. The van der Waals surface area contributed by atoms with Crippen LogP contribution in [0, 0.1) is 11.3 Å². The highest BCUT2D eigenvalue weighted by Gasteiger charge is 2.49. The number of aromatic hydroxyl groups is 1. The average Bonchev–Trinajstić information content (AvgIpc) is 3.60. The molecule has 1 saturated heterocycles.